The summed E-state index contributed by atoms with van der Waals surface area (Å²) in [6.45, 7) is -0.386. The number of imidazole rings is 1. The highest BCUT2D eigenvalue weighted by Gasteiger charge is 2.55. The average molecular weight is 390 g/mol. The number of fused-ring (bicyclic) bond motifs is 2. The van der Waals surface area contributed by atoms with E-state index < -0.39 is 48.8 Å². The van der Waals surface area contributed by atoms with E-state index in [1.807, 2.05) is 0 Å². The highest BCUT2D eigenvalue weighted by atomic mass is 31.2. The van der Waals surface area contributed by atoms with Gasteiger partial charge in [-0.2, -0.15) is 9.55 Å². The Morgan fingerprint density at radius 3 is 2.88 bits per heavy atom. The van der Waals surface area contributed by atoms with Gasteiger partial charge < -0.3 is 30.6 Å². The molecule has 0 spiro atoms. The Balaban J connectivity index is 1.86. The van der Waals surface area contributed by atoms with E-state index in [9.17, 15) is 29.5 Å². The maximum Gasteiger partial charge on any atom is 0.472 e. The van der Waals surface area contributed by atoms with Crippen molar-refractivity contribution in [3.05, 3.63) is 20.5 Å². The minimum Gasteiger partial charge on any atom is -0.390 e. The largest absolute Gasteiger partial charge is 0.472 e. The fourth-order valence-electron chi connectivity index (χ4n) is 2.90. The minimum absolute atomic E-state index is 0.297. The Hall–Kier alpha value is -2.42. The molecular formula is C10H11N6O9P. The van der Waals surface area contributed by atoms with E-state index in [1.165, 1.54) is 0 Å². The third-order valence-electron chi connectivity index (χ3n) is 3.93. The second kappa shape index (κ2) is 5.54. The van der Waals surface area contributed by atoms with Gasteiger partial charge in [-0.25, -0.2) is 4.57 Å². The Morgan fingerprint density at radius 2 is 2.19 bits per heavy atom. The molecule has 2 aromatic heterocycles. The van der Waals surface area contributed by atoms with Crippen LogP contribution >= 0.6 is 7.82 Å². The molecule has 2 unspecified atom stereocenters. The number of hydrogen-bond acceptors (Lipinski definition) is 11. The number of aliphatic hydroxyl groups is 1. The normalized spacial score (nSPS) is 34.1. The highest BCUT2D eigenvalue weighted by molar-refractivity contribution is 7.47. The molecule has 4 heterocycles. The van der Waals surface area contributed by atoms with Gasteiger partial charge in [0.25, 0.3) is 11.1 Å². The van der Waals surface area contributed by atoms with Crippen LogP contribution in [0.3, 0.4) is 0 Å². The molecule has 2 saturated heterocycles. The third kappa shape index (κ3) is 2.49. The molecule has 0 aromatic carbocycles. The molecule has 140 valence electrons. The summed E-state index contributed by atoms with van der Waals surface area (Å²) in [5.74, 6) is -1.16. The number of nitrogen functional groups attached to an aromatic ring is 1. The average Bonchev–Trinajstić information content (AvgIpc) is 3.05. The number of phosphoric ester groups is 1. The lowest BCUT2D eigenvalue weighted by Crippen LogP contribution is -2.39. The van der Waals surface area contributed by atoms with Gasteiger partial charge in [0.2, 0.25) is 17.8 Å². The quantitative estimate of drug-likeness (QED) is 0.258. The molecule has 2 aliphatic heterocycles. The molecule has 5 N–H and O–H groups in total. The van der Waals surface area contributed by atoms with Crippen LogP contribution in [0.15, 0.2) is 4.79 Å². The van der Waals surface area contributed by atoms with Crippen molar-refractivity contribution in [1.82, 2.24) is 19.5 Å². The number of nitrogens with one attached hydrogen (secondary N) is 1. The summed E-state index contributed by atoms with van der Waals surface area (Å²) >= 11 is 0. The molecule has 0 aliphatic carbocycles. The first-order chi connectivity index (χ1) is 12.2. The van der Waals surface area contributed by atoms with Crippen LogP contribution in [0, 0.1) is 10.1 Å². The van der Waals surface area contributed by atoms with Crippen LogP contribution < -0.4 is 11.3 Å². The van der Waals surface area contributed by atoms with Crippen molar-refractivity contribution < 1.29 is 33.3 Å². The number of nitrogens with two attached hydrogens (primary N) is 1. The summed E-state index contributed by atoms with van der Waals surface area (Å²) in [6, 6.07) is 0. The smallest absolute Gasteiger partial charge is 0.390 e. The van der Waals surface area contributed by atoms with E-state index >= 15 is 0 Å². The van der Waals surface area contributed by atoms with Crippen molar-refractivity contribution in [3.8, 4) is 0 Å². The Kier molecular flexibility index (Phi) is 3.62. The first-order valence-electron chi connectivity index (χ1n) is 7.09. The van der Waals surface area contributed by atoms with Crippen LogP contribution in [0.25, 0.3) is 11.2 Å². The second-order valence-electron chi connectivity index (χ2n) is 5.55. The van der Waals surface area contributed by atoms with E-state index in [-0.39, 0.29) is 23.7 Å². The molecule has 0 bridgehead atoms. The lowest BCUT2D eigenvalue weighted by molar-refractivity contribution is -0.398. The Morgan fingerprint density at radius 1 is 1.46 bits per heavy atom. The zero-order chi connectivity index (χ0) is 18.8. The van der Waals surface area contributed by atoms with E-state index in [0.29, 0.717) is 0 Å². The summed E-state index contributed by atoms with van der Waals surface area (Å²) in [7, 11) is -4.38. The van der Waals surface area contributed by atoms with Crippen LogP contribution in [-0.2, 0) is 18.3 Å². The van der Waals surface area contributed by atoms with Crippen molar-refractivity contribution in [2.24, 2.45) is 0 Å². The van der Waals surface area contributed by atoms with Gasteiger partial charge in [0.05, 0.1) is 6.61 Å². The number of nitrogens with zero attached hydrogens (tertiary/aromatic N) is 4. The lowest BCUT2D eigenvalue weighted by atomic mass is 10.1. The van der Waals surface area contributed by atoms with Gasteiger partial charge in [0.1, 0.15) is 18.3 Å². The van der Waals surface area contributed by atoms with Crippen molar-refractivity contribution >= 4 is 30.9 Å². The fraction of sp³-hybridized carbons (Fsp3) is 0.500. The topological polar surface area (TPSA) is 218 Å². The molecule has 2 aromatic rings. The molecule has 0 saturated carbocycles. The molecule has 2 fully saturated rings. The SMILES string of the molecule is Nc1nc2c(nc([N+](=O)[O-])n2[C@@H]2O[C@H]3COP(=O)(O)O[C@@H]3C2O)c(=O)[nH]1. The summed E-state index contributed by atoms with van der Waals surface area (Å²) in [4.78, 5) is 41.3. The van der Waals surface area contributed by atoms with Gasteiger partial charge in [-0.05, 0) is 4.92 Å². The fourth-order valence-corrected chi connectivity index (χ4v) is 3.87. The summed E-state index contributed by atoms with van der Waals surface area (Å²) < 4.78 is 27.2. The van der Waals surface area contributed by atoms with Gasteiger partial charge in [-0.3, -0.25) is 18.8 Å². The number of H-pyrrole nitrogens is 1. The van der Waals surface area contributed by atoms with Crippen molar-refractivity contribution in [2.45, 2.75) is 24.5 Å². The van der Waals surface area contributed by atoms with Crippen LogP contribution in [0.2, 0.25) is 0 Å². The van der Waals surface area contributed by atoms with Crippen LogP contribution in [-0.4, -0.2) is 59.4 Å². The second-order valence-corrected chi connectivity index (χ2v) is 6.96. The lowest BCUT2D eigenvalue weighted by Gasteiger charge is -2.27. The Bertz CT molecular complexity index is 1020. The van der Waals surface area contributed by atoms with Gasteiger partial charge in [-0.15, -0.1) is 0 Å². The van der Waals surface area contributed by atoms with Crippen molar-refractivity contribution in [1.29, 1.82) is 0 Å². The Labute approximate surface area is 142 Å². The van der Waals surface area contributed by atoms with Gasteiger partial charge in [0.15, 0.2) is 0 Å². The summed E-state index contributed by atoms with van der Waals surface area (Å²) in [5, 5.41) is 21.8. The van der Waals surface area contributed by atoms with Crippen molar-refractivity contribution in [3.63, 3.8) is 0 Å². The first-order valence-corrected chi connectivity index (χ1v) is 8.59. The molecular weight excluding hydrogens is 379 g/mol. The number of aliphatic hydroxyl groups excluding tert-OH is 1. The summed E-state index contributed by atoms with van der Waals surface area (Å²) in [6.07, 6.45) is -5.37. The number of aromatic amines is 1. The molecule has 16 heteroatoms. The molecule has 5 atom stereocenters. The molecule has 15 nitrogen and oxygen atoms in total. The number of ether oxygens (including phenoxy) is 1. The number of rotatable bonds is 2. The monoisotopic (exact) mass is 390 g/mol. The number of phosphoric acid groups is 1. The molecule has 2 aliphatic rings. The van der Waals surface area contributed by atoms with Gasteiger partial charge >= 0.3 is 13.8 Å². The maximum absolute atomic E-state index is 11.9. The summed E-state index contributed by atoms with van der Waals surface area (Å²) in [5.41, 5.74) is 3.96. The minimum atomic E-state index is -4.38. The predicted octanol–water partition coefficient (Wildman–Crippen LogP) is -1.62. The molecule has 0 radical (unpaired) electrons. The van der Waals surface area contributed by atoms with E-state index in [2.05, 4.69) is 19.5 Å². The van der Waals surface area contributed by atoms with Gasteiger partial charge in [-0.1, -0.05) is 4.98 Å². The third-order valence-corrected chi connectivity index (χ3v) is 4.92. The molecule has 0 amide bonds. The van der Waals surface area contributed by atoms with Crippen LogP contribution in [0.1, 0.15) is 6.23 Å². The first kappa shape index (κ1) is 17.0. The van der Waals surface area contributed by atoms with Crippen LogP contribution in [0.4, 0.5) is 11.9 Å². The van der Waals surface area contributed by atoms with Crippen LogP contribution in [0.5, 0.6) is 0 Å². The molecule has 4 rings (SSSR count). The zero-order valence-corrected chi connectivity index (χ0v) is 13.5. The van der Waals surface area contributed by atoms with E-state index in [0.717, 1.165) is 4.57 Å². The number of hydrogen-bond donors (Lipinski definition) is 4. The maximum atomic E-state index is 11.9. The predicted molar refractivity (Wildman–Crippen MR) is 79.8 cm³/mol. The molecule has 26 heavy (non-hydrogen) atoms. The standard InChI is InChI=1S/C10H11N6O9P/c11-9-13-6-3(7(18)14-9)12-10(16(19)20)15(6)8-4(17)5-2(24-8)1-23-26(21,22)25-5/h2,4-5,8,17H,1H2,(H,21,22)(H3,11,13,14,18)/t2-,4?,5-,8+/m0/s1. The van der Waals surface area contributed by atoms with E-state index in [4.69, 9.17) is 15.0 Å². The number of nitro groups is 1. The van der Waals surface area contributed by atoms with E-state index in [1.54, 1.807) is 0 Å². The van der Waals surface area contributed by atoms with Crippen molar-refractivity contribution in [2.75, 3.05) is 12.3 Å². The zero-order valence-electron chi connectivity index (χ0n) is 12.6. The number of anilines is 1. The highest BCUT2D eigenvalue weighted by Crippen LogP contribution is 2.52. The van der Waals surface area contributed by atoms with Gasteiger partial charge in [0, 0.05) is 0 Å². The number of aromatic nitrogens is 4.